The summed E-state index contributed by atoms with van der Waals surface area (Å²) in [7, 11) is 0. The summed E-state index contributed by atoms with van der Waals surface area (Å²) in [5, 5.41) is 8.92. The number of carbonyl (C=O) groups is 1. The molecule has 1 saturated carbocycles. The molecule has 0 spiro atoms. The molecule has 1 heterocycles. The van der Waals surface area contributed by atoms with Crippen LogP contribution in [0.5, 0.6) is 0 Å². The maximum Gasteiger partial charge on any atom is 0.306 e. The van der Waals surface area contributed by atoms with Crippen molar-refractivity contribution in [3.05, 3.63) is 21.9 Å². The van der Waals surface area contributed by atoms with Crippen molar-refractivity contribution in [2.75, 3.05) is 0 Å². The third-order valence-corrected chi connectivity index (χ3v) is 4.79. The van der Waals surface area contributed by atoms with Crippen LogP contribution in [0.15, 0.2) is 12.1 Å². The summed E-state index contributed by atoms with van der Waals surface area (Å²) in [5.41, 5.74) is 0. The molecule has 2 rings (SSSR count). The predicted molar refractivity (Wildman–Crippen MR) is 70.4 cm³/mol. The standard InChI is InChI=1S/C14H20O2S/c1-3-4-10-5-6-11(17-10)7-9(2)12-8-13(12)14(15)16/h5-6,9,12-13H,3-4,7-8H2,1-2H3,(H,15,16). The lowest BCUT2D eigenvalue weighted by molar-refractivity contribution is -0.139. The van der Waals surface area contributed by atoms with E-state index < -0.39 is 5.97 Å². The second-order valence-electron chi connectivity index (χ2n) is 5.14. The van der Waals surface area contributed by atoms with Crippen molar-refractivity contribution < 1.29 is 9.90 Å². The quantitative estimate of drug-likeness (QED) is 0.840. The van der Waals surface area contributed by atoms with E-state index in [4.69, 9.17) is 5.11 Å². The van der Waals surface area contributed by atoms with Crippen LogP contribution >= 0.6 is 11.3 Å². The van der Waals surface area contributed by atoms with E-state index in [1.165, 1.54) is 22.6 Å². The molecule has 0 aromatic carbocycles. The van der Waals surface area contributed by atoms with Crippen molar-refractivity contribution in [1.82, 2.24) is 0 Å². The average Bonchev–Trinajstić information content (AvgIpc) is 2.97. The van der Waals surface area contributed by atoms with E-state index in [1.807, 2.05) is 11.3 Å². The van der Waals surface area contributed by atoms with Crippen LogP contribution in [-0.4, -0.2) is 11.1 Å². The molecule has 1 fully saturated rings. The minimum Gasteiger partial charge on any atom is -0.481 e. The van der Waals surface area contributed by atoms with Crippen LogP contribution in [0.25, 0.3) is 0 Å². The Morgan fingerprint density at radius 1 is 1.53 bits per heavy atom. The average molecular weight is 252 g/mol. The van der Waals surface area contributed by atoms with Gasteiger partial charge in [-0.3, -0.25) is 4.79 Å². The first-order valence-corrected chi connectivity index (χ1v) is 7.23. The van der Waals surface area contributed by atoms with E-state index in [0.717, 1.165) is 12.8 Å². The summed E-state index contributed by atoms with van der Waals surface area (Å²) in [6.45, 7) is 4.39. The van der Waals surface area contributed by atoms with E-state index in [2.05, 4.69) is 26.0 Å². The zero-order valence-electron chi connectivity index (χ0n) is 10.5. The molecule has 0 aliphatic heterocycles. The second-order valence-corrected chi connectivity index (χ2v) is 6.40. The molecule has 1 N–H and O–H groups in total. The third-order valence-electron chi connectivity index (χ3n) is 3.62. The molecule has 3 unspecified atom stereocenters. The van der Waals surface area contributed by atoms with E-state index in [9.17, 15) is 4.79 Å². The fourth-order valence-electron chi connectivity index (χ4n) is 2.51. The Bertz CT molecular complexity index is 397. The summed E-state index contributed by atoms with van der Waals surface area (Å²) in [6.07, 6.45) is 4.28. The first kappa shape index (κ1) is 12.6. The van der Waals surface area contributed by atoms with Crippen LogP contribution in [0.4, 0.5) is 0 Å². The number of carboxylic acids is 1. The van der Waals surface area contributed by atoms with Gasteiger partial charge >= 0.3 is 5.97 Å². The Hall–Kier alpha value is -0.830. The van der Waals surface area contributed by atoms with Gasteiger partial charge in [0, 0.05) is 9.75 Å². The lowest BCUT2D eigenvalue weighted by Crippen LogP contribution is -2.07. The van der Waals surface area contributed by atoms with Gasteiger partial charge in [0.2, 0.25) is 0 Å². The number of carboxylic acid groups (broad SMARTS) is 1. The Kier molecular flexibility index (Phi) is 3.87. The van der Waals surface area contributed by atoms with Crippen LogP contribution in [0.1, 0.15) is 36.4 Å². The lowest BCUT2D eigenvalue weighted by Gasteiger charge is -2.08. The van der Waals surface area contributed by atoms with Gasteiger partial charge < -0.3 is 5.11 Å². The van der Waals surface area contributed by atoms with Gasteiger partial charge in [0.05, 0.1) is 5.92 Å². The monoisotopic (exact) mass is 252 g/mol. The van der Waals surface area contributed by atoms with E-state index in [0.29, 0.717) is 11.8 Å². The van der Waals surface area contributed by atoms with Gasteiger partial charge in [-0.1, -0.05) is 20.3 Å². The zero-order chi connectivity index (χ0) is 12.4. The SMILES string of the molecule is CCCc1ccc(CC(C)C2CC2C(=O)O)s1. The molecular formula is C14H20O2S. The first-order valence-electron chi connectivity index (χ1n) is 6.42. The highest BCUT2D eigenvalue weighted by atomic mass is 32.1. The van der Waals surface area contributed by atoms with E-state index >= 15 is 0 Å². The number of thiophene rings is 1. The summed E-state index contributed by atoms with van der Waals surface area (Å²) in [5.74, 6) is 0.230. The summed E-state index contributed by atoms with van der Waals surface area (Å²) in [4.78, 5) is 13.7. The topological polar surface area (TPSA) is 37.3 Å². The third kappa shape index (κ3) is 3.09. The fourth-order valence-corrected chi connectivity index (χ4v) is 3.77. The molecule has 0 bridgehead atoms. The van der Waals surface area contributed by atoms with Crippen molar-refractivity contribution in [3.8, 4) is 0 Å². The predicted octanol–water partition coefficient (Wildman–Crippen LogP) is 3.60. The largest absolute Gasteiger partial charge is 0.481 e. The summed E-state index contributed by atoms with van der Waals surface area (Å²) in [6, 6.07) is 4.43. The van der Waals surface area contributed by atoms with Gasteiger partial charge in [-0.25, -0.2) is 0 Å². The molecule has 94 valence electrons. The lowest BCUT2D eigenvalue weighted by atomic mass is 10.00. The molecule has 1 aromatic heterocycles. The Labute approximate surface area is 107 Å². The van der Waals surface area contributed by atoms with Gasteiger partial charge in [0.1, 0.15) is 0 Å². The number of aliphatic carboxylic acids is 1. The summed E-state index contributed by atoms with van der Waals surface area (Å²) < 4.78 is 0. The van der Waals surface area contributed by atoms with Crippen LogP contribution in [0.3, 0.4) is 0 Å². The minimum absolute atomic E-state index is 0.0694. The second kappa shape index (κ2) is 5.21. The molecule has 3 heteroatoms. The van der Waals surface area contributed by atoms with Crippen molar-refractivity contribution in [2.24, 2.45) is 17.8 Å². The van der Waals surface area contributed by atoms with Crippen LogP contribution in [-0.2, 0) is 17.6 Å². The van der Waals surface area contributed by atoms with Crippen LogP contribution < -0.4 is 0 Å². The zero-order valence-corrected chi connectivity index (χ0v) is 11.3. The highest BCUT2D eigenvalue weighted by Gasteiger charge is 2.46. The first-order chi connectivity index (χ1) is 8.11. The molecule has 1 aliphatic rings. The molecule has 1 aliphatic carbocycles. The van der Waals surface area contributed by atoms with Gasteiger partial charge in [-0.15, -0.1) is 11.3 Å². The van der Waals surface area contributed by atoms with Crippen molar-refractivity contribution in [3.63, 3.8) is 0 Å². The van der Waals surface area contributed by atoms with Gasteiger partial charge in [-0.2, -0.15) is 0 Å². The molecule has 3 atom stereocenters. The molecule has 0 saturated heterocycles. The van der Waals surface area contributed by atoms with Crippen molar-refractivity contribution in [1.29, 1.82) is 0 Å². The van der Waals surface area contributed by atoms with E-state index in [-0.39, 0.29) is 5.92 Å². The van der Waals surface area contributed by atoms with Gasteiger partial charge in [0.15, 0.2) is 0 Å². The number of hydrogen-bond acceptors (Lipinski definition) is 2. The molecular weight excluding hydrogens is 232 g/mol. The normalized spacial score (nSPS) is 24.6. The molecule has 0 amide bonds. The molecule has 17 heavy (non-hydrogen) atoms. The highest BCUT2D eigenvalue weighted by molar-refractivity contribution is 7.11. The van der Waals surface area contributed by atoms with Crippen molar-refractivity contribution in [2.45, 2.75) is 39.5 Å². The van der Waals surface area contributed by atoms with E-state index in [1.54, 1.807) is 0 Å². The van der Waals surface area contributed by atoms with Crippen molar-refractivity contribution >= 4 is 17.3 Å². The number of rotatable bonds is 6. The van der Waals surface area contributed by atoms with Crippen LogP contribution in [0, 0.1) is 17.8 Å². The fraction of sp³-hybridized carbons (Fsp3) is 0.643. The Balaban J connectivity index is 1.86. The van der Waals surface area contributed by atoms with Gasteiger partial charge in [-0.05, 0) is 43.2 Å². The molecule has 2 nitrogen and oxygen atoms in total. The number of hydrogen-bond donors (Lipinski definition) is 1. The smallest absolute Gasteiger partial charge is 0.306 e. The Morgan fingerprint density at radius 3 is 2.82 bits per heavy atom. The number of aryl methyl sites for hydroxylation is 1. The Morgan fingerprint density at radius 2 is 2.24 bits per heavy atom. The molecule has 0 radical (unpaired) electrons. The van der Waals surface area contributed by atoms with Gasteiger partial charge in [0.25, 0.3) is 0 Å². The molecule has 1 aromatic rings. The maximum atomic E-state index is 10.8. The van der Waals surface area contributed by atoms with Crippen LogP contribution in [0.2, 0.25) is 0 Å². The minimum atomic E-state index is -0.611. The highest BCUT2D eigenvalue weighted by Crippen LogP contribution is 2.45. The maximum absolute atomic E-state index is 10.8. The summed E-state index contributed by atoms with van der Waals surface area (Å²) >= 11 is 1.89.